The zero-order chi connectivity index (χ0) is 19.6. The van der Waals surface area contributed by atoms with Gasteiger partial charge in [-0.05, 0) is 48.4 Å². The van der Waals surface area contributed by atoms with Crippen molar-refractivity contribution >= 4 is 16.6 Å². The van der Waals surface area contributed by atoms with E-state index in [-0.39, 0.29) is 11.2 Å². The third-order valence-corrected chi connectivity index (χ3v) is 4.87. The van der Waals surface area contributed by atoms with E-state index in [0.717, 1.165) is 16.5 Å². The number of nitriles is 1. The summed E-state index contributed by atoms with van der Waals surface area (Å²) in [6, 6.07) is 16.1. The van der Waals surface area contributed by atoms with Crippen LogP contribution in [0.5, 0.6) is 0 Å². The number of benzene rings is 2. The summed E-state index contributed by atoms with van der Waals surface area (Å²) >= 11 is 0. The molecular formula is C21H19N3O3. The molecule has 0 fully saturated rings. The van der Waals surface area contributed by atoms with E-state index in [2.05, 4.69) is 11.1 Å². The fraction of sp³-hybridized carbons (Fsp3) is 0.238. The Morgan fingerprint density at radius 2 is 2.00 bits per heavy atom. The number of hydrogen-bond donors (Lipinski definition) is 1. The summed E-state index contributed by atoms with van der Waals surface area (Å²) in [6.45, 7) is 3.72. The summed E-state index contributed by atoms with van der Waals surface area (Å²) in [5.74, 6) is 0. The molecule has 27 heavy (non-hydrogen) atoms. The van der Waals surface area contributed by atoms with Crippen molar-refractivity contribution < 1.29 is 4.92 Å². The van der Waals surface area contributed by atoms with Gasteiger partial charge in [0, 0.05) is 23.2 Å². The highest BCUT2D eigenvalue weighted by molar-refractivity contribution is 5.80. The molecule has 0 aliphatic rings. The van der Waals surface area contributed by atoms with Gasteiger partial charge in [-0.25, -0.2) is 0 Å². The molecule has 0 spiro atoms. The molecule has 0 aliphatic carbocycles. The molecule has 3 rings (SSSR count). The fourth-order valence-electron chi connectivity index (χ4n) is 3.25. The van der Waals surface area contributed by atoms with Gasteiger partial charge in [0.2, 0.25) is 0 Å². The van der Waals surface area contributed by atoms with Crippen molar-refractivity contribution in [1.29, 1.82) is 5.26 Å². The quantitative estimate of drug-likeness (QED) is 0.548. The molecular weight excluding hydrogens is 342 g/mol. The fourth-order valence-corrected chi connectivity index (χ4v) is 3.25. The number of pyridine rings is 1. The Morgan fingerprint density at radius 1 is 1.22 bits per heavy atom. The van der Waals surface area contributed by atoms with Crippen LogP contribution in [-0.2, 0) is 18.3 Å². The summed E-state index contributed by atoms with van der Waals surface area (Å²) < 4.78 is 0. The number of hydrogen-bond acceptors (Lipinski definition) is 4. The number of nitrogens with one attached hydrogen (secondary N) is 1. The Kier molecular flexibility index (Phi) is 4.78. The van der Waals surface area contributed by atoms with E-state index in [1.165, 1.54) is 12.1 Å². The van der Waals surface area contributed by atoms with Crippen molar-refractivity contribution in [3.63, 3.8) is 0 Å². The number of aromatic nitrogens is 1. The number of non-ortho nitro benzene ring substituents is 1. The lowest BCUT2D eigenvalue weighted by Gasteiger charge is -2.22. The minimum absolute atomic E-state index is 0.00252. The monoisotopic (exact) mass is 361 g/mol. The van der Waals surface area contributed by atoms with Gasteiger partial charge in [0.1, 0.15) is 0 Å². The zero-order valence-electron chi connectivity index (χ0n) is 15.2. The summed E-state index contributed by atoms with van der Waals surface area (Å²) in [7, 11) is 0. The first-order valence-electron chi connectivity index (χ1n) is 8.67. The first-order chi connectivity index (χ1) is 12.9. The molecule has 2 aromatic carbocycles. The highest BCUT2D eigenvalue weighted by atomic mass is 16.6. The van der Waals surface area contributed by atoms with Gasteiger partial charge in [0.15, 0.2) is 0 Å². The van der Waals surface area contributed by atoms with Crippen LogP contribution >= 0.6 is 0 Å². The van der Waals surface area contributed by atoms with Crippen molar-refractivity contribution in [1.82, 2.24) is 4.98 Å². The topological polar surface area (TPSA) is 99.8 Å². The molecule has 1 N–H and O–H groups in total. The van der Waals surface area contributed by atoms with E-state index in [9.17, 15) is 20.2 Å². The second-order valence-electron chi connectivity index (χ2n) is 6.83. The summed E-state index contributed by atoms with van der Waals surface area (Å²) in [4.78, 5) is 25.5. The van der Waals surface area contributed by atoms with Crippen LogP contribution in [0.25, 0.3) is 10.9 Å². The van der Waals surface area contributed by atoms with E-state index in [1.807, 2.05) is 31.2 Å². The first-order valence-corrected chi connectivity index (χ1v) is 8.67. The number of nitro groups is 1. The van der Waals surface area contributed by atoms with Crippen LogP contribution in [0.1, 0.15) is 30.5 Å². The van der Waals surface area contributed by atoms with Crippen LogP contribution in [0, 0.1) is 21.4 Å². The largest absolute Gasteiger partial charge is 0.322 e. The van der Waals surface area contributed by atoms with Gasteiger partial charge in [0.05, 0.1) is 16.4 Å². The average Bonchev–Trinajstić information content (AvgIpc) is 2.67. The van der Waals surface area contributed by atoms with Crippen LogP contribution in [0.3, 0.4) is 0 Å². The predicted molar refractivity (Wildman–Crippen MR) is 104 cm³/mol. The van der Waals surface area contributed by atoms with Crippen LogP contribution in [0.15, 0.2) is 53.3 Å². The Hall–Kier alpha value is -3.46. The molecule has 0 radical (unpaired) electrons. The molecule has 1 atom stereocenters. The minimum atomic E-state index is -0.885. The second-order valence-corrected chi connectivity index (χ2v) is 6.83. The summed E-state index contributed by atoms with van der Waals surface area (Å²) in [5, 5.41) is 21.7. The van der Waals surface area contributed by atoms with Gasteiger partial charge in [-0.15, -0.1) is 0 Å². The van der Waals surface area contributed by atoms with Gasteiger partial charge in [-0.2, -0.15) is 5.26 Å². The molecule has 0 amide bonds. The van der Waals surface area contributed by atoms with Crippen LogP contribution in [-0.4, -0.2) is 9.91 Å². The molecule has 0 aliphatic heterocycles. The number of fused-ring (bicyclic) bond motifs is 1. The number of aryl methyl sites for hydroxylation is 1. The molecule has 0 bridgehead atoms. The van der Waals surface area contributed by atoms with E-state index in [0.29, 0.717) is 23.9 Å². The van der Waals surface area contributed by atoms with E-state index < -0.39 is 10.3 Å². The van der Waals surface area contributed by atoms with Gasteiger partial charge in [-0.1, -0.05) is 31.2 Å². The average molecular weight is 361 g/mol. The number of aromatic amines is 1. The Balaban J connectivity index is 2.03. The normalized spacial score (nSPS) is 13.1. The van der Waals surface area contributed by atoms with Gasteiger partial charge >= 0.3 is 0 Å². The van der Waals surface area contributed by atoms with Crippen molar-refractivity contribution in [2.45, 2.75) is 32.1 Å². The maximum atomic E-state index is 12.1. The second kappa shape index (κ2) is 7.04. The van der Waals surface area contributed by atoms with Gasteiger partial charge in [0.25, 0.3) is 11.2 Å². The Morgan fingerprint density at radius 3 is 2.67 bits per heavy atom. The SMILES string of the molecule is CCc1cc2ccc(C(C)(C#N)Cc3cccc([N+](=O)[O-])c3)cc2[nH]c1=O. The molecule has 6 heteroatoms. The Labute approximate surface area is 156 Å². The van der Waals surface area contributed by atoms with Crippen molar-refractivity contribution in [2.75, 3.05) is 0 Å². The Bertz CT molecular complexity index is 1130. The van der Waals surface area contributed by atoms with E-state index >= 15 is 0 Å². The lowest BCUT2D eigenvalue weighted by Crippen LogP contribution is -2.23. The van der Waals surface area contributed by atoms with Gasteiger partial charge in [-0.3, -0.25) is 14.9 Å². The molecule has 1 unspecified atom stereocenters. The third-order valence-electron chi connectivity index (χ3n) is 4.87. The number of nitro benzene ring substituents is 1. The van der Waals surface area contributed by atoms with Crippen LogP contribution < -0.4 is 5.56 Å². The highest BCUT2D eigenvalue weighted by Gasteiger charge is 2.28. The number of rotatable bonds is 5. The lowest BCUT2D eigenvalue weighted by molar-refractivity contribution is -0.384. The van der Waals surface area contributed by atoms with Crippen molar-refractivity contribution in [3.8, 4) is 6.07 Å². The smallest absolute Gasteiger partial charge is 0.269 e. The molecule has 0 saturated carbocycles. The van der Waals surface area contributed by atoms with Crippen LogP contribution in [0.2, 0.25) is 0 Å². The first kappa shape index (κ1) is 18.3. The van der Waals surface area contributed by atoms with E-state index in [1.54, 1.807) is 19.1 Å². The van der Waals surface area contributed by atoms with Crippen molar-refractivity contribution in [2.24, 2.45) is 0 Å². The summed E-state index contributed by atoms with van der Waals surface area (Å²) in [5.41, 5.74) is 1.85. The molecule has 1 heterocycles. The zero-order valence-corrected chi connectivity index (χ0v) is 15.2. The number of H-pyrrole nitrogens is 1. The standard InChI is InChI=1S/C21H19N3O3/c1-3-15-10-16-7-8-17(11-19(16)23-20(15)25)21(2,13-22)12-14-5-4-6-18(9-14)24(26)27/h4-11H,3,12H2,1-2H3,(H,23,25). The third kappa shape index (κ3) is 3.58. The lowest BCUT2D eigenvalue weighted by atomic mass is 9.78. The molecule has 3 aromatic rings. The highest BCUT2D eigenvalue weighted by Crippen LogP contribution is 2.30. The molecule has 1 aromatic heterocycles. The predicted octanol–water partition coefficient (Wildman–Crippen LogP) is 4.02. The number of nitrogens with zero attached hydrogens (tertiary/aromatic N) is 2. The molecule has 0 saturated heterocycles. The molecule has 136 valence electrons. The van der Waals surface area contributed by atoms with E-state index in [4.69, 9.17) is 0 Å². The molecule has 6 nitrogen and oxygen atoms in total. The summed E-state index contributed by atoms with van der Waals surface area (Å²) in [6.07, 6.45) is 0.976. The van der Waals surface area contributed by atoms with Gasteiger partial charge < -0.3 is 4.98 Å². The van der Waals surface area contributed by atoms with Crippen molar-refractivity contribution in [3.05, 3.63) is 85.7 Å². The maximum absolute atomic E-state index is 12.1. The van der Waals surface area contributed by atoms with Crippen LogP contribution in [0.4, 0.5) is 5.69 Å². The maximum Gasteiger partial charge on any atom is 0.269 e. The minimum Gasteiger partial charge on any atom is -0.322 e.